The predicted molar refractivity (Wildman–Crippen MR) is 69.9 cm³/mol. The van der Waals surface area contributed by atoms with Crippen molar-refractivity contribution >= 4 is 28.4 Å². The normalized spacial score (nSPS) is 10.8. The zero-order valence-electron chi connectivity index (χ0n) is 10.2. The summed E-state index contributed by atoms with van der Waals surface area (Å²) in [6, 6.07) is 0. The Labute approximate surface area is 107 Å². The van der Waals surface area contributed by atoms with Crippen molar-refractivity contribution in [1.29, 1.82) is 0 Å². The smallest absolute Gasteiger partial charge is 0.332 e. The van der Waals surface area contributed by atoms with Crippen molar-refractivity contribution in [3.8, 4) is 0 Å². The van der Waals surface area contributed by atoms with Crippen LogP contribution in [0.15, 0.2) is 9.59 Å². The molecule has 7 nitrogen and oxygen atoms in total. The summed E-state index contributed by atoms with van der Waals surface area (Å²) >= 11 is 4.93. The first kappa shape index (κ1) is 12.5. The molecule has 0 spiro atoms. The first-order chi connectivity index (χ1) is 8.45. The SMILES string of the molecule is COC(=S)Cc1nc2c([nH]1)c(=O)n(C)c(=O)n2C. The molecule has 8 heteroatoms. The molecule has 2 rings (SSSR count). The number of H-pyrrole nitrogens is 1. The van der Waals surface area contributed by atoms with Gasteiger partial charge in [-0.1, -0.05) is 0 Å². The molecule has 0 saturated heterocycles. The van der Waals surface area contributed by atoms with Gasteiger partial charge in [0.1, 0.15) is 11.3 Å². The molecule has 0 radical (unpaired) electrons. The number of imidazole rings is 1. The van der Waals surface area contributed by atoms with Crippen LogP contribution < -0.4 is 11.2 Å². The molecule has 0 aliphatic rings. The number of nitrogens with one attached hydrogen (secondary N) is 1. The number of hydrogen-bond acceptors (Lipinski definition) is 5. The van der Waals surface area contributed by atoms with Crippen molar-refractivity contribution < 1.29 is 4.74 Å². The Hall–Kier alpha value is -1.96. The van der Waals surface area contributed by atoms with E-state index in [-0.39, 0.29) is 11.9 Å². The third-order valence-corrected chi connectivity index (χ3v) is 2.99. The summed E-state index contributed by atoms with van der Waals surface area (Å²) in [6.45, 7) is 0. The van der Waals surface area contributed by atoms with Gasteiger partial charge in [-0.05, 0) is 12.2 Å². The van der Waals surface area contributed by atoms with Crippen LogP contribution in [0, 0.1) is 0 Å². The van der Waals surface area contributed by atoms with Crippen molar-refractivity contribution in [2.45, 2.75) is 6.42 Å². The molecule has 0 saturated carbocycles. The third kappa shape index (κ3) is 1.84. The Bertz CT molecular complexity index is 740. The molecule has 0 fully saturated rings. The molecule has 96 valence electrons. The molecule has 0 amide bonds. The van der Waals surface area contributed by atoms with Gasteiger partial charge in [0.15, 0.2) is 10.7 Å². The van der Waals surface area contributed by atoms with Crippen molar-refractivity contribution in [2.24, 2.45) is 14.1 Å². The van der Waals surface area contributed by atoms with E-state index in [1.165, 1.54) is 18.7 Å². The molecule has 2 aromatic rings. The number of thiocarbonyl (C=S) groups is 1. The van der Waals surface area contributed by atoms with Gasteiger partial charge < -0.3 is 9.72 Å². The lowest BCUT2D eigenvalue weighted by Crippen LogP contribution is -2.36. The average molecular weight is 268 g/mol. The maximum absolute atomic E-state index is 11.9. The van der Waals surface area contributed by atoms with Crippen molar-refractivity contribution in [3.05, 3.63) is 26.7 Å². The molecule has 18 heavy (non-hydrogen) atoms. The number of ether oxygens (including phenoxy) is 1. The summed E-state index contributed by atoms with van der Waals surface area (Å²) in [4.78, 5) is 30.7. The maximum atomic E-state index is 11.9. The highest BCUT2D eigenvalue weighted by Crippen LogP contribution is 2.05. The second-order valence-electron chi connectivity index (χ2n) is 3.84. The van der Waals surface area contributed by atoms with Crippen LogP contribution in [0.2, 0.25) is 0 Å². The van der Waals surface area contributed by atoms with E-state index in [0.29, 0.717) is 16.5 Å². The minimum atomic E-state index is -0.417. The van der Waals surface area contributed by atoms with Crippen LogP contribution in [0.3, 0.4) is 0 Å². The van der Waals surface area contributed by atoms with E-state index in [4.69, 9.17) is 17.0 Å². The van der Waals surface area contributed by atoms with E-state index in [9.17, 15) is 9.59 Å². The van der Waals surface area contributed by atoms with Crippen LogP contribution in [-0.4, -0.2) is 31.3 Å². The van der Waals surface area contributed by atoms with E-state index < -0.39 is 11.2 Å². The first-order valence-electron chi connectivity index (χ1n) is 5.17. The Balaban J connectivity index is 2.69. The van der Waals surface area contributed by atoms with Gasteiger partial charge in [0.05, 0.1) is 13.5 Å². The fourth-order valence-electron chi connectivity index (χ4n) is 1.67. The lowest BCUT2D eigenvalue weighted by molar-refractivity contribution is 0.405. The monoisotopic (exact) mass is 268 g/mol. The number of nitrogens with zero attached hydrogens (tertiary/aromatic N) is 3. The molecule has 0 atom stereocenters. The number of hydrogen-bond donors (Lipinski definition) is 1. The number of aromatic nitrogens is 4. The predicted octanol–water partition coefficient (Wildman–Crippen LogP) is -0.523. The van der Waals surface area contributed by atoms with E-state index in [2.05, 4.69) is 9.97 Å². The fraction of sp³-hybridized carbons (Fsp3) is 0.400. The number of rotatable bonds is 2. The van der Waals surface area contributed by atoms with Gasteiger partial charge >= 0.3 is 5.69 Å². The summed E-state index contributed by atoms with van der Waals surface area (Å²) < 4.78 is 7.22. The number of aryl methyl sites for hydroxylation is 1. The Morgan fingerprint density at radius 2 is 2.06 bits per heavy atom. The Morgan fingerprint density at radius 1 is 1.39 bits per heavy atom. The summed E-state index contributed by atoms with van der Waals surface area (Å²) in [5.41, 5.74) is -0.222. The molecule has 0 aromatic carbocycles. The topological polar surface area (TPSA) is 81.9 Å². The molecular formula is C10H12N4O3S. The van der Waals surface area contributed by atoms with Crippen molar-refractivity contribution in [3.63, 3.8) is 0 Å². The van der Waals surface area contributed by atoms with Gasteiger partial charge in [0, 0.05) is 14.1 Å². The van der Waals surface area contributed by atoms with E-state index >= 15 is 0 Å². The molecule has 0 aliphatic carbocycles. The van der Waals surface area contributed by atoms with Gasteiger partial charge in [0.25, 0.3) is 5.56 Å². The maximum Gasteiger partial charge on any atom is 0.332 e. The first-order valence-corrected chi connectivity index (χ1v) is 5.58. The van der Waals surface area contributed by atoms with Crippen LogP contribution >= 0.6 is 12.2 Å². The standard InChI is InChI=1S/C10H12N4O3S/c1-13-8-7(9(15)14(2)10(13)16)11-5(12-8)4-6(18)17-3/h4H2,1-3H3,(H,11,12). The van der Waals surface area contributed by atoms with E-state index in [1.807, 2.05) is 0 Å². The molecular weight excluding hydrogens is 256 g/mol. The molecule has 0 bridgehead atoms. The molecule has 0 aliphatic heterocycles. The average Bonchev–Trinajstić information content (AvgIpc) is 2.77. The minimum Gasteiger partial charge on any atom is -0.490 e. The number of aromatic amines is 1. The second-order valence-corrected chi connectivity index (χ2v) is 4.30. The van der Waals surface area contributed by atoms with Gasteiger partial charge in [-0.2, -0.15) is 0 Å². The quantitative estimate of drug-likeness (QED) is 0.741. The minimum absolute atomic E-state index is 0.286. The van der Waals surface area contributed by atoms with Crippen LogP contribution in [0.25, 0.3) is 11.2 Å². The Kier molecular flexibility index (Phi) is 3.04. The zero-order valence-corrected chi connectivity index (χ0v) is 11.0. The van der Waals surface area contributed by atoms with Crippen LogP contribution in [-0.2, 0) is 25.3 Å². The van der Waals surface area contributed by atoms with Gasteiger partial charge in [-0.3, -0.25) is 13.9 Å². The summed E-state index contributed by atoms with van der Waals surface area (Å²) in [5, 5.41) is 0.357. The molecule has 2 aromatic heterocycles. The second kappa shape index (κ2) is 4.37. The third-order valence-electron chi connectivity index (χ3n) is 2.68. The highest BCUT2D eigenvalue weighted by atomic mass is 32.1. The summed E-state index contributed by atoms with van der Waals surface area (Å²) in [7, 11) is 4.45. The summed E-state index contributed by atoms with van der Waals surface area (Å²) in [6.07, 6.45) is 0.290. The van der Waals surface area contributed by atoms with Crippen molar-refractivity contribution in [2.75, 3.05) is 7.11 Å². The van der Waals surface area contributed by atoms with E-state index in [1.54, 1.807) is 7.05 Å². The number of fused-ring (bicyclic) bond motifs is 1. The highest BCUT2D eigenvalue weighted by molar-refractivity contribution is 7.80. The van der Waals surface area contributed by atoms with Crippen molar-refractivity contribution in [1.82, 2.24) is 19.1 Å². The largest absolute Gasteiger partial charge is 0.490 e. The summed E-state index contributed by atoms with van der Waals surface area (Å²) in [5.74, 6) is 0.496. The van der Waals surface area contributed by atoms with Gasteiger partial charge in [-0.25, -0.2) is 9.78 Å². The lowest BCUT2D eigenvalue weighted by Gasteiger charge is -2.00. The highest BCUT2D eigenvalue weighted by Gasteiger charge is 2.14. The number of methoxy groups -OCH3 is 1. The molecule has 2 heterocycles. The van der Waals surface area contributed by atoms with E-state index in [0.717, 1.165) is 4.57 Å². The van der Waals surface area contributed by atoms with Gasteiger partial charge in [-0.15, -0.1) is 0 Å². The molecule has 0 unspecified atom stereocenters. The van der Waals surface area contributed by atoms with Crippen LogP contribution in [0.1, 0.15) is 5.82 Å². The van der Waals surface area contributed by atoms with Crippen LogP contribution in [0.5, 0.6) is 0 Å². The fourth-order valence-corrected chi connectivity index (χ4v) is 1.80. The molecule has 1 N–H and O–H groups in total. The van der Waals surface area contributed by atoms with Gasteiger partial charge in [0.2, 0.25) is 0 Å². The lowest BCUT2D eigenvalue weighted by atomic mass is 10.4. The van der Waals surface area contributed by atoms with Crippen LogP contribution in [0.4, 0.5) is 0 Å². The Morgan fingerprint density at radius 3 is 2.67 bits per heavy atom. The zero-order chi connectivity index (χ0) is 13.4.